The van der Waals surface area contributed by atoms with Crippen molar-refractivity contribution < 1.29 is 9.90 Å². The molecule has 0 bridgehead atoms. The van der Waals surface area contributed by atoms with Gasteiger partial charge in [0.15, 0.2) is 0 Å². The molecule has 1 amide bonds. The number of aromatic nitrogens is 2. The van der Waals surface area contributed by atoms with Gasteiger partial charge in [0.2, 0.25) is 0 Å². The molecule has 1 saturated carbocycles. The van der Waals surface area contributed by atoms with Crippen LogP contribution in [0.1, 0.15) is 42.4 Å². The molecule has 0 radical (unpaired) electrons. The topological polar surface area (TPSA) is 75.1 Å². The summed E-state index contributed by atoms with van der Waals surface area (Å²) in [7, 11) is 0. The van der Waals surface area contributed by atoms with Gasteiger partial charge in [0, 0.05) is 18.4 Å². The number of aliphatic hydroxyl groups is 1. The van der Waals surface area contributed by atoms with Crippen molar-refractivity contribution in [2.45, 2.75) is 45.3 Å². The van der Waals surface area contributed by atoms with Crippen molar-refractivity contribution in [2.75, 3.05) is 0 Å². The number of carbonyl (C=O) groups is 1. The maximum absolute atomic E-state index is 12.0. The third kappa shape index (κ3) is 2.85. The van der Waals surface area contributed by atoms with Crippen LogP contribution >= 0.6 is 0 Å². The van der Waals surface area contributed by atoms with Gasteiger partial charge in [-0.1, -0.05) is 6.92 Å². The van der Waals surface area contributed by atoms with E-state index in [0.29, 0.717) is 17.3 Å². The second-order valence-electron chi connectivity index (χ2n) is 4.89. The molecule has 1 aromatic rings. The van der Waals surface area contributed by atoms with Crippen LogP contribution in [0, 0.1) is 12.8 Å². The van der Waals surface area contributed by atoms with E-state index in [1.54, 1.807) is 19.3 Å². The van der Waals surface area contributed by atoms with Crippen LogP contribution in [0.25, 0.3) is 0 Å². The van der Waals surface area contributed by atoms with E-state index in [2.05, 4.69) is 15.3 Å². The lowest BCUT2D eigenvalue weighted by Crippen LogP contribution is -2.46. The molecule has 5 heteroatoms. The average molecular weight is 249 g/mol. The van der Waals surface area contributed by atoms with Crippen molar-refractivity contribution in [1.82, 2.24) is 15.3 Å². The first-order valence-electron chi connectivity index (χ1n) is 6.37. The van der Waals surface area contributed by atoms with Crippen LogP contribution in [-0.2, 0) is 0 Å². The number of amides is 1. The van der Waals surface area contributed by atoms with Crippen LogP contribution in [0.5, 0.6) is 0 Å². The molecule has 1 heterocycles. The first kappa shape index (κ1) is 13.0. The fourth-order valence-electron chi connectivity index (χ4n) is 2.27. The minimum absolute atomic E-state index is 0.127. The highest BCUT2D eigenvalue weighted by Gasteiger charge is 2.33. The van der Waals surface area contributed by atoms with E-state index >= 15 is 0 Å². The molecule has 98 valence electrons. The fraction of sp³-hybridized carbons (Fsp3) is 0.615. The van der Waals surface area contributed by atoms with E-state index in [1.165, 1.54) is 0 Å². The minimum atomic E-state index is -0.191. The predicted octanol–water partition coefficient (Wildman–Crippen LogP) is 1.06. The molecular weight excluding hydrogens is 230 g/mol. The molecule has 0 saturated heterocycles. The Morgan fingerprint density at radius 2 is 2.11 bits per heavy atom. The third-order valence-electron chi connectivity index (χ3n) is 3.52. The Morgan fingerprint density at radius 3 is 2.61 bits per heavy atom. The third-order valence-corrected chi connectivity index (χ3v) is 3.52. The predicted molar refractivity (Wildman–Crippen MR) is 67.0 cm³/mol. The van der Waals surface area contributed by atoms with E-state index in [-0.39, 0.29) is 18.1 Å². The van der Waals surface area contributed by atoms with Gasteiger partial charge in [-0.3, -0.25) is 4.79 Å². The summed E-state index contributed by atoms with van der Waals surface area (Å²) in [5, 5.41) is 12.3. The highest BCUT2D eigenvalue weighted by atomic mass is 16.3. The van der Waals surface area contributed by atoms with E-state index in [9.17, 15) is 9.90 Å². The van der Waals surface area contributed by atoms with Gasteiger partial charge in [-0.15, -0.1) is 0 Å². The van der Waals surface area contributed by atoms with Crippen LogP contribution in [0.4, 0.5) is 0 Å². The number of rotatable bonds is 4. The van der Waals surface area contributed by atoms with Gasteiger partial charge in [0.25, 0.3) is 5.91 Å². The lowest BCUT2D eigenvalue weighted by Gasteiger charge is -2.37. The highest BCUT2D eigenvalue weighted by Crippen LogP contribution is 2.31. The Kier molecular flexibility index (Phi) is 3.91. The molecule has 0 unspecified atom stereocenters. The summed E-state index contributed by atoms with van der Waals surface area (Å²) in [6.45, 7) is 3.83. The summed E-state index contributed by atoms with van der Waals surface area (Å²) in [4.78, 5) is 20.0. The van der Waals surface area contributed by atoms with Gasteiger partial charge in [-0.25, -0.2) is 9.97 Å². The second-order valence-corrected chi connectivity index (χ2v) is 4.89. The Morgan fingerprint density at radius 1 is 1.50 bits per heavy atom. The van der Waals surface area contributed by atoms with Crippen molar-refractivity contribution in [3.63, 3.8) is 0 Å². The molecule has 1 fully saturated rings. The molecule has 1 aliphatic rings. The quantitative estimate of drug-likeness (QED) is 0.836. The Hall–Kier alpha value is -1.49. The molecule has 0 aliphatic heterocycles. The van der Waals surface area contributed by atoms with Crippen LogP contribution in [0.2, 0.25) is 0 Å². The van der Waals surface area contributed by atoms with Crippen LogP contribution in [0.15, 0.2) is 12.4 Å². The minimum Gasteiger partial charge on any atom is -0.393 e. The molecule has 0 spiro atoms. The first-order valence-corrected chi connectivity index (χ1v) is 6.37. The molecule has 2 rings (SSSR count). The Bertz CT molecular complexity index is 413. The summed E-state index contributed by atoms with van der Waals surface area (Å²) in [5.41, 5.74) is 0.485. The number of carbonyl (C=O) groups excluding carboxylic acids is 1. The van der Waals surface area contributed by atoms with Crippen LogP contribution in [-0.4, -0.2) is 33.1 Å². The summed E-state index contributed by atoms with van der Waals surface area (Å²) >= 11 is 0. The first-order chi connectivity index (χ1) is 8.60. The zero-order valence-corrected chi connectivity index (χ0v) is 10.8. The van der Waals surface area contributed by atoms with E-state index in [0.717, 1.165) is 19.3 Å². The van der Waals surface area contributed by atoms with Crippen molar-refractivity contribution in [2.24, 2.45) is 5.92 Å². The normalized spacial score (nSPS) is 24.2. The largest absolute Gasteiger partial charge is 0.393 e. The second kappa shape index (κ2) is 5.44. The van der Waals surface area contributed by atoms with Crippen LogP contribution < -0.4 is 5.32 Å². The van der Waals surface area contributed by atoms with Crippen molar-refractivity contribution in [1.29, 1.82) is 0 Å². The van der Waals surface area contributed by atoms with Gasteiger partial charge in [0.05, 0.1) is 11.7 Å². The summed E-state index contributed by atoms with van der Waals surface area (Å²) in [6.07, 6.45) is 5.33. The molecule has 2 N–H and O–H groups in total. The zero-order chi connectivity index (χ0) is 13.1. The number of nitrogens with zero attached hydrogens (tertiary/aromatic N) is 2. The van der Waals surface area contributed by atoms with Crippen LogP contribution in [0.3, 0.4) is 0 Å². The highest BCUT2D eigenvalue weighted by molar-refractivity contribution is 5.93. The van der Waals surface area contributed by atoms with E-state index in [4.69, 9.17) is 0 Å². The van der Waals surface area contributed by atoms with Gasteiger partial charge < -0.3 is 10.4 Å². The zero-order valence-electron chi connectivity index (χ0n) is 10.8. The molecule has 1 atom stereocenters. The van der Waals surface area contributed by atoms with Gasteiger partial charge in [-0.05, 0) is 32.1 Å². The molecule has 5 nitrogen and oxygen atoms in total. The van der Waals surface area contributed by atoms with Crippen molar-refractivity contribution in [3.05, 3.63) is 23.8 Å². The lowest BCUT2D eigenvalue weighted by atomic mass is 9.76. The SMILES string of the molecule is CC[C@@H](NC(=O)c1cnc(C)nc1)C1CC(O)C1. The molecular formula is C13H19N3O2. The maximum atomic E-state index is 12.0. The monoisotopic (exact) mass is 249 g/mol. The number of hydrogen-bond acceptors (Lipinski definition) is 4. The average Bonchev–Trinajstić information content (AvgIpc) is 2.33. The van der Waals surface area contributed by atoms with Crippen molar-refractivity contribution >= 4 is 5.91 Å². The number of aryl methyl sites for hydroxylation is 1. The number of aliphatic hydroxyl groups excluding tert-OH is 1. The Labute approximate surface area is 107 Å². The summed E-state index contributed by atoms with van der Waals surface area (Å²) in [6, 6.07) is 0.127. The van der Waals surface area contributed by atoms with E-state index < -0.39 is 0 Å². The molecule has 1 aliphatic carbocycles. The van der Waals surface area contributed by atoms with Crippen molar-refractivity contribution in [3.8, 4) is 0 Å². The summed E-state index contributed by atoms with van der Waals surface area (Å²) < 4.78 is 0. The van der Waals surface area contributed by atoms with Gasteiger partial charge >= 0.3 is 0 Å². The van der Waals surface area contributed by atoms with Gasteiger partial charge in [0.1, 0.15) is 5.82 Å². The summed E-state index contributed by atoms with van der Waals surface area (Å²) in [5.74, 6) is 0.907. The smallest absolute Gasteiger partial charge is 0.254 e. The molecule has 0 aromatic carbocycles. The Balaban J connectivity index is 1.95. The standard InChI is InChI=1S/C13H19N3O2/c1-3-12(9-4-11(17)5-9)16-13(18)10-6-14-8(2)15-7-10/h6-7,9,11-12,17H,3-5H2,1-2H3,(H,16,18)/t9?,11?,12-/m1/s1. The number of hydrogen-bond donors (Lipinski definition) is 2. The fourth-order valence-corrected chi connectivity index (χ4v) is 2.27. The molecule has 18 heavy (non-hydrogen) atoms. The van der Waals surface area contributed by atoms with E-state index in [1.807, 2.05) is 6.92 Å². The number of nitrogens with one attached hydrogen (secondary N) is 1. The van der Waals surface area contributed by atoms with Gasteiger partial charge in [-0.2, -0.15) is 0 Å². The molecule has 1 aromatic heterocycles. The lowest BCUT2D eigenvalue weighted by molar-refractivity contribution is 0.0232. The maximum Gasteiger partial charge on any atom is 0.254 e.